The summed E-state index contributed by atoms with van der Waals surface area (Å²) in [5.74, 6) is 1.06. The Labute approximate surface area is 298 Å². The number of nitrogens with one attached hydrogen (secondary N) is 1. The molecule has 0 atom stereocenters. The lowest BCUT2D eigenvalue weighted by Crippen LogP contribution is -2.31. The van der Waals surface area contributed by atoms with Gasteiger partial charge in [-0.2, -0.15) is 4.57 Å². The largest absolute Gasteiger partial charge is 0.456 e. The number of furan rings is 1. The Kier molecular flexibility index (Phi) is 6.22. The summed E-state index contributed by atoms with van der Waals surface area (Å²) in [5.41, 5.74) is 12.0. The second-order valence-corrected chi connectivity index (χ2v) is 13.4. The number of rotatable bonds is 4. The minimum Gasteiger partial charge on any atom is -0.456 e. The summed E-state index contributed by atoms with van der Waals surface area (Å²) in [6.45, 7) is 0. The molecule has 0 unspecified atom stereocenters. The number of hydrogen-bond acceptors (Lipinski definition) is 2. The fourth-order valence-corrected chi connectivity index (χ4v) is 8.17. The zero-order valence-electron chi connectivity index (χ0n) is 28.0. The van der Waals surface area contributed by atoms with Gasteiger partial charge in [0.25, 0.3) is 5.82 Å². The molecular weight excluding hydrogens is 635 g/mol. The Morgan fingerprint density at radius 3 is 1.85 bits per heavy atom. The number of aromatic nitrogens is 3. The van der Waals surface area contributed by atoms with E-state index in [1.807, 2.05) is 12.3 Å². The van der Waals surface area contributed by atoms with Gasteiger partial charge in [-0.15, -0.1) is 0 Å². The van der Waals surface area contributed by atoms with Crippen LogP contribution in [0.1, 0.15) is 0 Å². The molecule has 0 saturated heterocycles. The fourth-order valence-electron chi connectivity index (χ4n) is 8.17. The smallest absolute Gasteiger partial charge is 0.292 e. The fraction of sp³-hybridized carbons (Fsp3) is 0. The molecule has 0 bridgehead atoms. The van der Waals surface area contributed by atoms with Crippen molar-refractivity contribution < 1.29 is 8.98 Å². The van der Waals surface area contributed by atoms with Crippen molar-refractivity contribution in [2.45, 2.75) is 0 Å². The molecule has 0 saturated carbocycles. The van der Waals surface area contributed by atoms with Crippen molar-refractivity contribution in [3.8, 4) is 39.3 Å². The van der Waals surface area contributed by atoms with Gasteiger partial charge >= 0.3 is 0 Å². The van der Waals surface area contributed by atoms with Crippen LogP contribution in [-0.2, 0) is 0 Å². The van der Waals surface area contributed by atoms with E-state index in [0.29, 0.717) is 0 Å². The predicted molar refractivity (Wildman–Crippen MR) is 214 cm³/mol. The van der Waals surface area contributed by atoms with Gasteiger partial charge in [0, 0.05) is 28.4 Å². The van der Waals surface area contributed by atoms with E-state index in [4.69, 9.17) is 4.42 Å². The third kappa shape index (κ3) is 4.34. The van der Waals surface area contributed by atoms with Crippen molar-refractivity contribution in [2.75, 3.05) is 0 Å². The molecule has 0 radical (unpaired) electrons. The number of benzene rings is 8. The summed E-state index contributed by atoms with van der Waals surface area (Å²) < 4.78 is 8.67. The summed E-state index contributed by atoms with van der Waals surface area (Å²) in [6.07, 6.45) is 1.83. The van der Waals surface area contributed by atoms with Gasteiger partial charge in [-0.1, -0.05) is 103 Å². The SMILES string of the molecule is c1ccc(-c2[nH]c3ccccc3[n+]2-c2ccc(-c3c4ccccc4c(-c4ccc5oc6cc7ncccc7cc6c5c4)c4ccccc34)cc2)cc1. The molecular formula is C48H30N3O+. The van der Waals surface area contributed by atoms with Gasteiger partial charge in [0.05, 0.1) is 11.1 Å². The third-order valence-electron chi connectivity index (χ3n) is 10.5. The van der Waals surface area contributed by atoms with Gasteiger partial charge in [-0.05, 0) is 104 Å². The summed E-state index contributed by atoms with van der Waals surface area (Å²) in [7, 11) is 0. The summed E-state index contributed by atoms with van der Waals surface area (Å²) >= 11 is 0. The zero-order chi connectivity index (χ0) is 34.2. The van der Waals surface area contributed by atoms with Crippen LogP contribution in [0.15, 0.2) is 180 Å². The molecule has 0 fully saturated rings. The standard InChI is InChI=1S/C48H29N3O/c1-2-11-31(12-3-1)48-50-41-18-8-9-19-43(41)51(48)34-23-20-30(21-24-34)46-35-14-4-6-16-37(35)47(38-17-7-5-15-36(38)46)33-22-25-44-39(28-33)40-27-32-13-10-26-49-42(32)29-45(40)52-44/h1-29H/p+1. The molecule has 11 rings (SSSR count). The van der Waals surface area contributed by atoms with Crippen LogP contribution in [-0.4, -0.2) is 9.97 Å². The van der Waals surface area contributed by atoms with Crippen LogP contribution in [0.2, 0.25) is 0 Å². The lowest BCUT2D eigenvalue weighted by Gasteiger charge is -2.18. The van der Waals surface area contributed by atoms with Crippen LogP contribution in [0, 0.1) is 0 Å². The highest BCUT2D eigenvalue weighted by atomic mass is 16.3. The van der Waals surface area contributed by atoms with Crippen molar-refractivity contribution in [1.82, 2.24) is 9.97 Å². The molecule has 0 aliphatic heterocycles. The van der Waals surface area contributed by atoms with E-state index in [2.05, 4.69) is 178 Å². The zero-order valence-corrected chi connectivity index (χ0v) is 28.0. The average Bonchev–Trinajstić information content (AvgIpc) is 3.77. The predicted octanol–water partition coefficient (Wildman–Crippen LogP) is 12.2. The number of nitrogens with zero attached hydrogens (tertiary/aromatic N) is 2. The molecule has 3 aromatic heterocycles. The van der Waals surface area contributed by atoms with Gasteiger partial charge in [0.2, 0.25) is 0 Å². The molecule has 11 aromatic rings. The highest BCUT2D eigenvalue weighted by molar-refractivity contribution is 6.22. The van der Waals surface area contributed by atoms with E-state index >= 15 is 0 Å². The van der Waals surface area contributed by atoms with Crippen molar-refractivity contribution in [1.29, 1.82) is 0 Å². The minimum absolute atomic E-state index is 0.855. The van der Waals surface area contributed by atoms with Gasteiger partial charge in [0.15, 0.2) is 11.0 Å². The van der Waals surface area contributed by atoms with Gasteiger partial charge in [0.1, 0.15) is 16.9 Å². The van der Waals surface area contributed by atoms with Gasteiger partial charge in [-0.3, -0.25) is 4.98 Å². The third-order valence-corrected chi connectivity index (χ3v) is 10.5. The van der Waals surface area contributed by atoms with Crippen LogP contribution < -0.4 is 4.57 Å². The first-order chi connectivity index (χ1) is 25.8. The monoisotopic (exact) mass is 664 g/mol. The van der Waals surface area contributed by atoms with E-state index in [0.717, 1.165) is 61.0 Å². The number of aromatic amines is 1. The molecule has 8 aromatic carbocycles. The van der Waals surface area contributed by atoms with E-state index in [1.54, 1.807) is 0 Å². The molecule has 1 N–H and O–H groups in total. The molecule has 0 amide bonds. The maximum Gasteiger partial charge on any atom is 0.292 e. The van der Waals surface area contributed by atoms with Crippen LogP contribution in [0.5, 0.6) is 0 Å². The molecule has 52 heavy (non-hydrogen) atoms. The van der Waals surface area contributed by atoms with E-state index in [-0.39, 0.29) is 0 Å². The quantitative estimate of drug-likeness (QED) is 0.150. The summed E-state index contributed by atoms with van der Waals surface area (Å²) in [4.78, 5) is 8.23. The van der Waals surface area contributed by atoms with Crippen LogP contribution in [0.3, 0.4) is 0 Å². The van der Waals surface area contributed by atoms with Crippen molar-refractivity contribution >= 4 is 65.4 Å². The number of para-hydroxylation sites is 2. The Bertz CT molecular complexity index is 3120. The van der Waals surface area contributed by atoms with Crippen LogP contribution >= 0.6 is 0 Å². The van der Waals surface area contributed by atoms with Crippen LogP contribution in [0.25, 0.3) is 105 Å². The molecule has 4 nitrogen and oxygen atoms in total. The lowest BCUT2D eigenvalue weighted by atomic mass is 9.85. The first-order valence-corrected chi connectivity index (χ1v) is 17.6. The van der Waals surface area contributed by atoms with Crippen molar-refractivity contribution in [3.05, 3.63) is 176 Å². The average molecular weight is 665 g/mol. The minimum atomic E-state index is 0.855. The number of fused-ring (bicyclic) bond motifs is 7. The number of H-pyrrole nitrogens is 1. The Balaban J connectivity index is 1.11. The lowest BCUT2D eigenvalue weighted by molar-refractivity contribution is -0.554. The highest BCUT2D eigenvalue weighted by Gasteiger charge is 2.23. The highest BCUT2D eigenvalue weighted by Crippen LogP contribution is 2.45. The number of imidazole rings is 1. The van der Waals surface area contributed by atoms with Crippen molar-refractivity contribution in [2.24, 2.45) is 0 Å². The second kappa shape index (κ2) is 11.2. The molecule has 0 aliphatic rings. The van der Waals surface area contributed by atoms with Crippen LogP contribution in [0.4, 0.5) is 0 Å². The summed E-state index contributed by atoms with van der Waals surface area (Å²) in [6, 6.07) is 60.7. The number of hydrogen-bond donors (Lipinski definition) is 1. The maximum absolute atomic E-state index is 6.35. The number of pyridine rings is 1. The maximum atomic E-state index is 6.35. The first kappa shape index (κ1) is 28.8. The Hall–Kier alpha value is -7.04. The van der Waals surface area contributed by atoms with Gasteiger partial charge < -0.3 is 4.42 Å². The van der Waals surface area contributed by atoms with E-state index in [9.17, 15) is 0 Å². The molecule has 0 spiro atoms. The Morgan fingerprint density at radius 1 is 0.462 bits per heavy atom. The normalized spacial score (nSPS) is 11.8. The second-order valence-electron chi connectivity index (χ2n) is 13.4. The van der Waals surface area contributed by atoms with E-state index < -0.39 is 0 Å². The molecule has 3 heterocycles. The molecule has 242 valence electrons. The van der Waals surface area contributed by atoms with Crippen molar-refractivity contribution in [3.63, 3.8) is 0 Å². The summed E-state index contributed by atoms with van der Waals surface area (Å²) in [5, 5.41) is 8.21. The molecule has 4 heteroatoms. The first-order valence-electron chi connectivity index (χ1n) is 17.6. The topological polar surface area (TPSA) is 45.7 Å². The molecule has 0 aliphatic carbocycles. The van der Waals surface area contributed by atoms with Gasteiger partial charge in [-0.25, -0.2) is 4.98 Å². The van der Waals surface area contributed by atoms with E-state index in [1.165, 1.54) is 43.8 Å². The Morgan fingerprint density at radius 2 is 1.10 bits per heavy atom.